The molecular weight excluding hydrogens is 370 g/mol. The maximum atomic E-state index is 12.5. The van der Waals surface area contributed by atoms with Gasteiger partial charge in [-0.25, -0.2) is 13.1 Å². The molecule has 6 nitrogen and oxygen atoms in total. The molecule has 0 aliphatic rings. The first-order valence-electron chi connectivity index (χ1n) is 7.96. The Morgan fingerprint density at radius 2 is 1.73 bits per heavy atom. The van der Waals surface area contributed by atoms with E-state index in [1.165, 1.54) is 18.4 Å². The zero-order valence-electron chi connectivity index (χ0n) is 14.2. The minimum Gasteiger partial charge on any atom is -0.347 e. The Hall–Kier alpha value is -2.42. The number of carbonyl (C=O) groups excluding carboxylic acids is 1. The molecule has 0 spiro atoms. The third kappa shape index (κ3) is 4.40. The molecule has 136 valence electrons. The first-order valence-corrected chi connectivity index (χ1v) is 10.5. The van der Waals surface area contributed by atoms with Crippen molar-refractivity contribution in [1.29, 1.82) is 0 Å². The quantitative estimate of drug-likeness (QED) is 0.652. The van der Waals surface area contributed by atoms with Gasteiger partial charge in [-0.05, 0) is 41.8 Å². The summed E-state index contributed by atoms with van der Waals surface area (Å²) in [4.78, 5) is 13.1. The summed E-state index contributed by atoms with van der Waals surface area (Å²) < 4.78 is 27.3. The highest BCUT2D eigenvalue weighted by Crippen LogP contribution is 2.21. The Kier molecular flexibility index (Phi) is 5.55. The van der Waals surface area contributed by atoms with Crippen LogP contribution in [0.4, 0.5) is 0 Å². The van der Waals surface area contributed by atoms with E-state index in [1.807, 2.05) is 52.7 Å². The van der Waals surface area contributed by atoms with Crippen LogP contribution in [-0.2, 0) is 22.3 Å². The van der Waals surface area contributed by atoms with Crippen molar-refractivity contribution in [3.63, 3.8) is 0 Å². The first-order chi connectivity index (χ1) is 12.5. The first kappa shape index (κ1) is 18.4. The summed E-state index contributed by atoms with van der Waals surface area (Å²) in [5.74, 6) is -0.198. The second-order valence-corrected chi connectivity index (χ2v) is 8.53. The molecule has 0 aliphatic heterocycles. The molecule has 2 heterocycles. The molecule has 3 aromatic rings. The van der Waals surface area contributed by atoms with Gasteiger partial charge in [-0.1, -0.05) is 24.3 Å². The fourth-order valence-corrected chi connectivity index (χ4v) is 4.06. The van der Waals surface area contributed by atoms with Gasteiger partial charge in [0.05, 0.1) is 11.4 Å². The Balaban J connectivity index is 1.63. The predicted molar refractivity (Wildman–Crippen MR) is 103 cm³/mol. The summed E-state index contributed by atoms with van der Waals surface area (Å²) in [5, 5.41) is 4.80. The van der Waals surface area contributed by atoms with Gasteiger partial charge in [-0.15, -0.1) is 11.3 Å². The van der Waals surface area contributed by atoms with E-state index in [9.17, 15) is 13.2 Å². The molecule has 0 atom stereocenters. The number of hydrogen-bond donors (Lipinski definition) is 2. The van der Waals surface area contributed by atoms with Crippen LogP contribution in [0.25, 0.3) is 5.69 Å². The lowest BCUT2D eigenvalue weighted by atomic mass is 10.1. The lowest BCUT2D eigenvalue weighted by Crippen LogP contribution is -2.23. The van der Waals surface area contributed by atoms with Crippen molar-refractivity contribution >= 4 is 27.3 Å². The number of aromatic nitrogens is 1. The van der Waals surface area contributed by atoms with Gasteiger partial charge >= 0.3 is 0 Å². The molecule has 0 radical (unpaired) electrons. The van der Waals surface area contributed by atoms with Gasteiger partial charge in [0.15, 0.2) is 0 Å². The zero-order chi connectivity index (χ0) is 18.6. The Morgan fingerprint density at radius 1 is 1.08 bits per heavy atom. The summed E-state index contributed by atoms with van der Waals surface area (Å²) in [5.41, 5.74) is 2.45. The molecule has 3 rings (SSSR count). The van der Waals surface area contributed by atoms with Gasteiger partial charge in [0.2, 0.25) is 10.0 Å². The van der Waals surface area contributed by atoms with Gasteiger partial charge in [-0.2, -0.15) is 0 Å². The average molecular weight is 390 g/mol. The van der Waals surface area contributed by atoms with E-state index in [0.717, 1.165) is 11.3 Å². The summed E-state index contributed by atoms with van der Waals surface area (Å²) in [6, 6.07) is 12.9. The number of thiophene rings is 1. The van der Waals surface area contributed by atoms with E-state index >= 15 is 0 Å². The minimum atomic E-state index is -3.29. The zero-order valence-corrected chi connectivity index (χ0v) is 15.8. The number of hydrogen-bond acceptors (Lipinski definition) is 4. The summed E-state index contributed by atoms with van der Waals surface area (Å²) >= 11 is 1.40. The second-order valence-electron chi connectivity index (χ2n) is 5.69. The molecule has 8 heteroatoms. The summed E-state index contributed by atoms with van der Waals surface area (Å²) in [6.07, 6.45) is 3.80. The van der Waals surface area contributed by atoms with E-state index < -0.39 is 10.0 Å². The largest absolute Gasteiger partial charge is 0.347 e. The summed E-state index contributed by atoms with van der Waals surface area (Å²) in [7, 11) is -1.89. The molecule has 2 N–H and O–H groups in total. The number of carbonyl (C=O) groups is 1. The highest BCUT2D eigenvalue weighted by molar-refractivity contribution is 7.88. The van der Waals surface area contributed by atoms with Crippen LogP contribution in [0.15, 0.2) is 60.2 Å². The van der Waals surface area contributed by atoms with Crippen molar-refractivity contribution in [1.82, 2.24) is 14.6 Å². The summed E-state index contributed by atoms with van der Waals surface area (Å²) in [6.45, 7) is 0.376. The Bertz CT molecular complexity index is 975. The molecule has 0 saturated heterocycles. The predicted octanol–water partition coefficient (Wildman–Crippen LogP) is 2.52. The van der Waals surface area contributed by atoms with Crippen molar-refractivity contribution < 1.29 is 13.2 Å². The van der Waals surface area contributed by atoms with Crippen LogP contribution in [0.5, 0.6) is 0 Å². The van der Waals surface area contributed by atoms with E-state index in [0.29, 0.717) is 17.0 Å². The molecule has 1 aromatic carbocycles. The third-order valence-corrected chi connectivity index (χ3v) is 6.11. The van der Waals surface area contributed by atoms with Gasteiger partial charge in [0, 0.05) is 18.9 Å². The molecule has 0 saturated carbocycles. The lowest BCUT2D eigenvalue weighted by molar-refractivity contribution is 0.0955. The van der Waals surface area contributed by atoms with Gasteiger partial charge in [-0.3, -0.25) is 4.79 Å². The van der Waals surface area contributed by atoms with Crippen LogP contribution in [0, 0.1) is 0 Å². The van der Waals surface area contributed by atoms with E-state index in [1.54, 1.807) is 12.1 Å². The van der Waals surface area contributed by atoms with E-state index in [4.69, 9.17) is 0 Å². The molecule has 0 bridgehead atoms. The van der Waals surface area contributed by atoms with Crippen LogP contribution < -0.4 is 10.0 Å². The molecule has 0 aliphatic carbocycles. The van der Waals surface area contributed by atoms with Crippen LogP contribution in [-0.4, -0.2) is 25.9 Å². The number of rotatable bonds is 7. The molecule has 0 fully saturated rings. The van der Waals surface area contributed by atoms with Gasteiger partial charge < -0.3 is 9.88 Å². The average Bonchev–Trinajstić information content (AvgIpc) is 3.31. The standard InChI is InChI=1S/C18H19N3O3S2/c1-19-26(23,24)13-15-6-4-14(5-7-15)12-20-18(22)17-16(8-11-25-17)21-9-2-3-10-21/h2-11,19H,12-13H2,1H3,(H,20,22). The normalized spacial score (nSPS) is 11.4. The fraction of sp³-hybridized carbons (Fsp3) is 0.167. The van der Waals surface area contributed by atoms with E-state index in [-0.39, 0.29) is 11.7 Å². The van der Waals surface area contributed by atoms with Crippen molar-refractivity contribution in [3.05, 3.63) is 76.2 Å². The van der Waals surface area contributed by atoms with Crippen LogP contribution in [0.3, 0.4) is 0 Å². The lowest BCUT2D eigenvalue weighted by Gasteiger charge is -2.08. The SMILES string of the molecule is CNS(=O)(=O)Cc1ccc(CNC(=O)c2sccc2-n2cccc2)cc1. The maximum Gasteiger partial charge on any atom is 0.263 e. The number of benzene rings is 1. The topological polar surface area (TPSA) is 80.2 Å². The molecule has 0 unspecified atom stereocenters. The molecule has 1 amide bonds. The Labute approximate surface area is 156 Å². The molecule has 26 heavy (non-hydrogen) atoms. The maximum absolute atomic E-state index is 12.5. The number of sulfonamides is 1. The third-order valence-electron chi connectivity index (χ3n) is 3.88. The minimum absolute atomic E-state index is 0.0639. The van der Waals surface area contributed by atoms with E-state index in [2.05, 4.69) is 10.0 Å². The van der Waals surface area contributed by atoms with Gasteiger partial charge in [0.1, 0.15) is 4.88 Å². The van der Waals surface area contributed by atoms with Crippen LogP contribution in [0.2, 0.25) is 0 Å². The molecular formula is C18H19N3O3S2. The smallest absolute Gasteiger partial charge is 0.263 e. The van der Waals surface area contributed by atoms with Crippen molar-refractivity contribution in [3.8, 4) is 5.69 Å². The highest BCUT2D eigenvalue weighted by atomic mass is 32.2. The molecule has 2 aromatic heterocycles. The van der Waals surface area contributed by atoms with Crippen LogP contribution in [0.1, 0.15) is 20.8 Å². The van der Waals surface area contributed by atoms with Crippen molar-refractivity contribution in [2.24, 2.45) is 0 Å². The van der Waals surface area contributed by atoms with Crippen molar-refractivity contribution in [2.45, 2.75) is 12.3 Å². The number of nitrogens with zero attached hydrogens (tertiary/aromatic N) is 1. The highest BCUT2D eigenvalue weighted by Gasteiger charge is 2.14. The monoisotopic (exact) mass is 389 g/mol. The fourth-order valence-electron chi connectivity index (χ4n) is 2.48. The number of nitrogens with one attached hydrogen (secondary N) is 2. The van der Waals surface area contributed by atoms with Crippen molar-refractivity contribution in [2.75, 3.05) is 7.05 Å². The van der Waals surface area contributed by atoms with Crippen LogP contribution >= 0.6 is 11.3 Å². The second kappa shape index (κ2) is 7.86. The number of amides is 1. The Morgan fingerprint density at radius 3 is 2.38 bits per heavy atom. The van der Waals surface area contributed by atoms with Gasteiger partial charge in [0.25, 0.3) is 5.91 Å².